The van der Waals surface area contributed by atoms with E-state index in [0.29, 0.717) is 10.0 Å². The highest BCUT2D eigenvalue weighted by atomic mass is 35.5. The molecule has 3 amide bonds. The SMILES string of the molecule is O=C(c1ccc(F)cc1)[C@H](CCCl)N(C(=O)c1ccc(Cl)c(Cl)c1)N1C(=O)[C@@H]2[C@@H](C1=O)[C@@]1(Cl)C(Cl)=C(Cl)[C@@]2(Cl)C1(Cl)Cl. The second-order valence-electron chi connectivity index (χ2n) is 9.71. The van der Waals surface area contributed by atoms with E-state index in [2.05, 4.69) is 0 Å². The Morgan fingerprint density at radius 1 is 0.833 bits per heavy atom. The van der Waals surface area contributed by atoms with E-state index >= 15 is 0 Å². The molecule has 2 bridgehead atoms. The van der Waals surface area contributed by atoms with Crippen molar-refractivity contribution in [1.82, 2.24) is 10.0 Å². The molecule has 0 N–H and O–H groups in total. The van der Waals surface area contributed by atoms with E-state index in [1.807, 2.05) is 0 Å². The number of allylic oxidation sites excluding steroid dienone is 2. The maximum absolute atomic E-state index is 14.2. The summed E-state index contributed by atoms with van der Waals surface area (Å²) in [7, 11) is 0. The van der Waals surface area contributed by atoms with Crippen LogP contribution in [0.4, 0.5) is 4.39 Å². The van der Waals surface area contributed by atoms with Crippen molar-refractivity contribution in [1.29, 1.82) is 0 Å². The van der Waals surface area contributed by atoms with Gasteiger partial charge in [-0.25, -0.2) is 9.40 Å². The average molecular weight is 756 g/mol. The van der Waals surface area contributed by atoms with Gasteiger partial charge in [0.2, 0.25) is 0 Å². The van der Waals surface area contributed by atoms with Crippen molar-refractivity contribution in [2.24, 2.45) is 11.8 Å². The fourth-order valence-corrected chi connectivity index (χ4v) is 9.03. The number of amides is 3. The number of nitrogens with zero attached hydrogens (tertiary/aromatic N) is 2. The van der Waals surface area contributed by atoms with Gasteiger partial charge in [0.25, 0.3) is 17.7 Å². The molecule has 2 fully saturated rings. The molecule has 5 atom stereocenters. The van der Waals surface area contributed by atoms with Crippen LogP contribution in [-0.4, -0.2) is 59.5 Å². The number of fused-ring (bicyclic) bond motifs is 5. The van der Waals surface area contributed by atoms with E-state index in [0.717, 1.165) is 12.1 Å². The minimum absolute atomic E-state index is 0.0218. The van der Waals surface area contributed by atoms with Gasteiger partial charge < -0.3 is 0 Å². The first-order chi connectivity index (χ1) is 19.6. The molecule has 1 saturated carbocycles. The molecule has 42 heavy (non-hydrogen) atoms. The van der Waals surface area contributed by atoms with Crippen LogP contribution in [0.25, 0.3) is 0 Å². The summed E-state index contributed by atoms with van der Waals surface area (Å²) in [6.45, 7) is 0. The minimum atomic E-state index is -2.22. The van der Waals surface area contributed by atoms with E-state index in [1.54, 1.807) is 0 Å². The number of ketones is 1. The van der Waals surface area contributed by atoms with Crippen LogP contribution in [-0.2, 0) is 9.59 Å². The summed E-state index contributed by atoms with van der Waals surface area (Å²) in [6.07, 6.45) is -0.246. The molecule has 0 unspecified atom stereocenters. The first-order valence-electron chi connectivity index (χ1n) is 11.9. The third-order valence-electron chi connectivity index (χ3n) is 7.58. The predicted octanol–water partition coefficient (Wildman–Crippen LogP) is 7.82. The molecule has 0 aromatic heterocycles. The minimum Gasteiger partial charge on any atom is -0.292 e. The molecule has 2 aromatic carbocycles. The zero-order chi connectivity index (χ0) is 31.1. The maximum Gasteiger partial charge on any atom is 0.273 e. The number of imide groups is 1. The molecule has 3 aliphatic rings. The maximum atomic E-state index is 14.2. The van der Waals surface area contributed by atoms with E-state index in [-0.39, 0.29) is 43.5 Å². The number of hydrazine groups is 1. The highest BCUT2D eigenvalue weighted by Crippen LogP contribution is 2.77. The molecule has 222 valence electrons. The van der Waals surface area contributed by atoms with Gasteiger partial charge in [-0.2, -0.15) is 5.01 Å². The Hall–Kier alpha value is -1.000. The van der Waals surface area contributed by atoms with Gasteiger partial charge in [0.1, 0.15) is 21.6 Å². The number of benzene rings is 2. The third kappa shape index (κ3) is 4.26. The summed E-state index contributed by atoms with van der Waals surface area (Å²) in [5.74, 6) is -7.91. The first-order valence-corrected chi connectivity index (χ1v) is 15.5. The smallest absolute Gasteiger partial charge is 0.273 e. The van der Waals surface area contributed by atoms with Crippen LogP contribution in [0, 0.1) is 17.7 Å². The summed E-state index contributed by atoms with van der Waals surface area (Å²) >= 11 is 57.8. The van der Waals surface area contributed by atoms with Gasteiger partial charge in [0.05, 0.1) is 31.9 Å². The second-order valence-corrected chi connectivity index (χ2v) is 14.2. The number of rotatable bonds is 7. The van der Waals surface area contributed by atoms with Crippen LogP contribution < -0.4 is 0 Å². The van der Waals surface area contributed by atoms with Crippen molar-refractivity contribution in [2.45, 2.75) is 26.5 Å². The Kier molecular flexibility index (Phi) is 8.57. The zero-order valence-corrected chi connectivity index (χ0v) is 27.3. The Balaban J connectivity index is 1.68. The van der Waals surface area contributed by atoms with Crippen molar-refractivity contribution in [2.75, 3.05) is 5.88 Å². The van der Waals surface area contributed by atoms with Crippen LogP contribution >= 0.6 is 104 Å². The molecule has 1 saturated heterocycles. The monoisotopic (exact) mass is 752 g/mol. The van der Waals surface area contributed by atoms with Gasteiger partial charge in [-0.05, 0) is 48.9 Å². The Morgan fingerprint density at radius 3 is 1.81 bits per heavy atom. The van der Waals surface area contributed by atoms with Crippen LogP contribution in [0.1, 0.15) is 27.1 Å². The summed E-state index contributed by atoms with van der Waals surface area (Å²) in [5.41, 5.74) is -0.176. The molecule has 5 rings (SSSR count). The summed E-state index contributed by atoms with van der Waals surface area (Å²) in [5, 5.41) is 0.543. The number of halogens is 10. The number of carbonyl (C=O) groups is 4. The summed E-state index contributed by atoms with van der Waals surface area (Å²) < 4.78 is 11.4. The van der Waals surface area contributed by atoms with E-state index in [9.17, 15) is 23.6 Å². The first kappa shape index (κ1) is 32.4. The number of carbonyl (C=O) groups excluding carboxylic acids is 4. The van der Waals surface area contributed by atoms with Gasteiger partial charge >= 0.3 is 0 Å². The third-order valence-corrected chi connectivity index (χ3v) is 12.8. The fraction of sp³-hybridized carbons (Fsp3) is 0.308. The Bertz CT molecular complexity index is 1540. The van der Waals surface area contributed by atoms with E-state index in [1.165, 1.54) is 30.3 Å². The van der Waals surface area contributed by atoms with Crippen molar-refractivity contribution >= 4 is 128 Å². The van der Waals surface area contributed by atoms with Crippen molar-refractivity contribution in [3.63, 3.8) is 0 Å². The van der Waals surface area contributed by atoms with Gasteiger partial charge in [-0.15, -0.1) is 34.8 Å². The molecular weight excluding hydrogens is 742 g/mol. The molecule has 0 radical (unpaired) electrons. The largest absolute Gasteiger partial charge is 0.292 e. The lowest BCUT2D eigenvalue weighted by Gasteiger charge is -2.39. The standard InChI is InChI=1S/C26H14Cl9FN2O4/c27-8-7-15(18(39)10-1-4-12(36)5-2-10)37(21(40)11-3-6-13(28)14(29)9-11)38-22(41)16-17(23(38)42)25(33)20(31)19(30)24(16,32)26(25,34)35/h1-6,9,15-17H,7-8H2/t15-,16-,17-,24+,25+/m0/s1. The molecule has 1 heterocycles. The molecular formula is C26H14Cl9FN2O4. The normalized spacial score (nSPS) is 28.4. The topological polar surface area (TPSA) is 74.8 Å². The predicted molar refractivity (Wildman–Crippen MR) is 162 cm³/mol. The van der Waals surface area contributed by atoms with Crippen molar-refractivity contribution < 1.29 is 23.6 Å². The number of hydrogen-bond donors (Lipinski definition) is 0. The molecule has 2 aromatic rings. The second kappa shape index (κ2) is 11.1. The lowest BCUT2D eigenvalue weighted by molar-refractivity contribution is -0.157. The van der Waals surface area contributed by atoms with Crippen molar-refractivity contribution in [3.05, 3.63) is 79.5 Å². The molecule has 6 nitrogen and oxygen atoms in total. The van der Waals surface area contributed by atoms with Crippen LogP contribution in [0.2, 0.25) is 10.0 Å². The molecule has 1 aliphatic heterocycles. The van der Waals surface area contributed by atoms with Crippen molar-refractivity contribution in [3.8, 4) is 0 Å². The number of hydrogen-bond acceptors (Lipinski definition) is 4. The van der Waals surface area contributed by atoms with Crippen LogP contribution in [0.15, 0.2) is 52.5 Å². The van der Waals surface area contributed by atoms with Gasteiger partial charge in [-0.1, -0.05) is 69.6 Å². The van der Waals surface area contributed by atoms with E-state index in [4.69, 9.17) is 104 Å². The highest BCUT2D eigenvalue weighted by Gasteiger charge is 2.88. The number of alkyl halides is 5. The van der Waals surface area contributed by atoms with E-state index < -0.39 is 61.3 Å². The quantitative estimate of drug-likeness (QED) is 0.164. The molecule has 2 aliphatic carbocycles. The Labute approximate surface area is 283 Å². The highest BCUT2D eigenvalue weighted by molar-refractivity contribution is 6.66. The van der Waals surface area contributed by atoms with Gasteiger partial charge in [-0.3, -0.25) is 19.2 Å². The van der Waals surface area contributed by atoms with Crippen LogP contribution in [0.3, 0.4) is 0 Å². The average Bonchev–Trinajstić information content (AvgIpc) is 3.33. The summed E-state index contributed by atoms with van der Waals surface area (Å²) in [4.78, 5) is 52.0. The summed E-state index contributed by atoms with van der Waals surface area (Å²) in [6, 6.07) is 6.67. The lowest BCUT2D eigenvalue weighted by atomic mass is 9.84. The van der Waals surface area contributed by atoms with Crippen LogP contribution in [0.5, 0.6) is 0 Å². The zero-order valence-electron chi connectivity index (χ0n) is 20.5. The lowest BCUT2D eigenvalue weighted by Crippen LogP contribution is -2.60. The van der Waals surface area contributed by atoms with Gasteiger partial charge in [0.15, 0.2) is 10.1 Å². The molecule has 0 spiro atoms. The number of Topliss-reactive ketones (excluding diaryl/α,β-unsaturated/α-hetero) is 1. The fourth-order valence-electron chi connectivity index (χ4n) is 5.60. The molecule has 16 heteroatoms. The Morgan fingerprint density at radius 2 is 1.33 bits per heavy atom. The van der Waals surface area contributed by atoms with Gasteiger partial charge in [0, 0.05) is 17.0 Å².